The van der Waals surface area contributed by atoms with Gasteiger partial charge in [-0.3, -0.25) is 4.79 Å². The maximum atomic E-state index is 13.1. The number of carbonyl (C=O) groups excluding carboxylic acids is 1. The fourth-order valence-electron chi connectivity index (χ4n) is 3.15. The van der Waals surface area contributed by atoms with E-state index in [9.17, 15) is 4.79 Å². The van der Waals surface area contributed by atoms with Gasteiger partial charge in [-0.25, -0.2) is 4.68 Å². The van der Waals surface area contributed by atoms with Crippen molar-refractivity contribution < 1.29 is 9.21 Å². The molecule has 0 bridgehead atoms. The van der Waals surface area contributed by atoms with Crippen LogP contribution in [0.2, 0.25) is 0 Å². The molecule has 2 aromatic carbocycles. The van der Waals surface area contributed by atoms with E-state index in [4.69, 9.17) is 4.42 Å². The first-order chi connectivity index (χ1) is 13.5. The highest BCUT2D eigenvalue weighted by molar-refractivity contribution is 6.04. The third-order valence-electron chi connectivity index (χ3n) is 4.61. The normalized spacial score (nSPS) is 10.8. The second-order valence-corrected chi connectivity index (χ2v) is 6.91. The molecule has 4 aromatic rings. The topological polar surface area (TPSA) is 60.1 Å². The van der Waals surface area contributed by atoms with Crippen molar-refractivity contribution in [2.45, 2.75) is 20.8 Å². The Bertz CT molecular complexity index is 1120. The zero-order chi connectivity index (χ0) is 19.7. The van der Waals surface area contributed by atoms with Crippen molar-refractivity contribution in [3.05, 3.63) is 89.3 Å². The number of anilines is 1. The molecule has 4 rings (SSSR count). The summed E-state index contributed by atoms with van der Waals surface area (Å²) in [7, 11) is 0. The number of aryl methyl sites for hydroxylation is 3. The standard InChI is InChI=1S/C23H21N3O2/c1-15-6-9-18(10-7-15)24-23(27)21-14-19(22-5-4-12-28-22)25-26(21)20-11-8-16(2)13-17(20)3/h4-14H,1-3H3,(H,24,27). The molecule has 0 unspecified atom stereocenters. The summed E-state index contributed by atoms with van der Waals surface area (Å²) in [5.74, 6) is 0.391. The van der Waals surface area contributed by atoms with E-state index in [-0.39, 0.29) is 5.91 Å². The highest BCUT2D eigenvalue weighted by Crippen LogP contribution is 2.25. The van der Waals surface area contributed by atoms with Crippen molar-refractivity contribution >= 4 is 11.6 Å². The molecule has 0 saturated heterocycles. The molecule has 0 aliphatic carbocycles. The summed E-state index contributed by atoms with van der Waals surface area (Å²) in [6.45, 7) is 6.06. The molecular formula is C23H21N3O2. The van der Waals surface area contributed by atoms with Gasteiger partial charge in [-0.05, 0) is 56.7 Å². The third kappa shape index (κ3) is 3.47. The number of nitrogens with one attached hydrogen (secondary N) is 1. The molecule has 1 amide bonds. The van der Waals surface area contributed by atoms with Crippen LogP contribution in [0.5, 0.6) is 0 Å². The van der Waals surface area contributed by atoms with E-state index in [1.54, 1.807) is 23.1 Å². The molecule has 0 aliphatic rings. The van der Waals surface area contributed by atoms with Crippen LogP contribution in [-0.2, 0) is 0 Å². The van der Waals surface area contributed by atoms with Gasteiger partial charge in [-0.1, -0.05) is 35.4 Å². The van der Waals surface area contributed by atoms with Crippen LogP contribution in [0.15, 0.2) is 71.3 Å². The van der Waals surface area contributed by atoms with E-state index in [0.29, 0.717) is 17.1 Å². The quantitative estimate of drug-likeness (QED) is 0.529. The van der Waals surface area contributed by atoms with Crippen molar-refractivity contribution in [1.29, 1.82) is 0 Å². The van der Waals surface area contributed by atoms with Crippen molar-refractivity contribution in [3.63, 3.8) is 0 Å². The lowest BCUT2D eigenvalue weighted by Crippen LogP contribution is -2.17. The molecule has 5 heteroatoms. The molecule has 0 radical (unpaired) electrons. The van der Waals surface area contributed by atoms with Gasteiger partial charge < -0.3 is 9.73 Å². The number of hydrogen-bond donors (Lipinski definition) is 1. The molecule has 0 fully saturated rings. The molecule has 0 spiro atoms. The van der Waals surface area contributed by atoms with Crippen LogP contribution in [-0.4, -0.2) is 15.7 Å². The monoisotopic (exact) mass is 371 g/mol. The van der Waals surface area contributed by atoms with Gasteiger partial charge in [-0.2, -0.15) is 5.10 Å². The molecule has 0 aliphatic heterocycles. The molecule has 1 N–H and O–H groups in total. The average molecular weight is 371 g/mol. The van der Waals surface area contributed by atoms with Crippen molar-refractivity contribution in [2.75, 3.05) is 5.32 Å². The fraction of sp³-hybridized carbons (Fsp3) is 0.130. The van der Waals surface area contributed by atoms with Crippen LogP contribution in [0.4, 0.5) is 5.69 Å². The summed E-state index contributed by atoms with van der Waals surface area (Å²) < 4.78 is 7.15. The van der Waals surface area contributed by atoms with Crippen LogP contribution in [0.1, 0.15) is 27.2 Å². The Kier molecular flexibility index (Phi) is 4.57. The maximum Gasteiger partial charge on any atom is 0.274 e. The number of benzene rings is 2. The first kappa shape index (κ1) is 17.8. The highest BCUT2D eigenvalue weighted by Gasteiger charge is 2.20. The zero-order valence-corrected chi connectivity index (χ0v) is 16.1. The molecule has 140 valence electrons. The molecule has 28 heavy (non-hydrogen) atoms. The minimum atomic E-state index is -0.228. The Morgan fingerprint density at radius 1 is 0.964 bits per heavy atom. The van der Waals surface area contributed by atoms with Gasteiger partial charge >= 0.3 is 0 Å². The smallest absolute Gasteiger partial charge is 0.274 e. The Morgan fingerprint density at radius 2 is 1.71 bits per heavy atom. The second-order valence-electron chi connectivity index (χ2n) is 6.91. The summed E-state index contributed by atoms with van der Waals surface area (Å²) in [4.78, 5) is 13.1. The summed E-state index contributed by atoms with van der Waals surface area (Å²) in [5, 5.41) is 7.61. The molecule has 5 nitrogen and oxygen atoms in total. The molecule has 0 atom stereocenters. The first-order valence-electron chi connectivity index (χ1n) is 9.11. The lowest BCUT2D eigenvalue weighted by Gasteiger charge is -2.11. The Hall–Kier alpha value is -3.60. The summed E-state index contributed by atoms with van der Waals surface area (Å²) in [6.07, 6.45) is 1.59. The van der Waals surface area contributed by atoms with Crippen LogP contribution in [0.3, 0.4) is 0 Å². The number of nitrogens with zero attached hydrogens (tertiary/aromatic N) is 2. The van der Waals surface area contributed by atoms with Gasteiger partial charge in [0, 0.05) is 11.8 Å². The zero-order valence-electron chi connectivity index (χ0n) is 16.1. The fourth-order valence-corrected chi connectivity index (χ4v) is 3.15. The summed E-state index contributed by atoms with van der Waals surface area (Å²) >= 11 is 0. The SMILES string of the molecule is Cc1ccc(NC(=O)c2cc(-c3ccco3)nn2-c2ccc(C)cc2C)cc1. The van der Waals surface area contributed by atoms with Crippen molar-refractivity contribution in [2.24, 2.45) is 0 Å². The number of aromatic nitrogens is 2. The lowest BCUT2D eigenvalue weighted by molar-refractivity contribution is 0.101. The van der Waals surface area contributed by atoms with Crippen molar-refractivity contribution in [1.82, 2.24) is 9.78 Å². The van der Waals surface area contributed by atoms with E-state index in [1.165, 1.54) is 0 Å². The average Bonchev–Trinajstić information content (AvgIpc) is 3.33. The van der Waals surface area contributed by atoms with E-state index in [0.717, 1.165) is 28.1 Å². The van der Waals surface area contributed by atoms with Crippen LogP contribution in [0, 0.1) is 20.8 Å². The van der Waals surface area contributed by atoms with E-state index in [2.05, 4.69) is 16.5 Å². The number of furan rings is 1. The number of rotatable bonds is 4. The largest absolute Gasteiger partial charge is 0.463 e. The second kappa shape index (κ2) is 7.19. The van der Waals surface area contributed by atoms with E-state index in [1.807, 2.05) is 63.2 Å². The first-order valence-corrected chi connectivity index (χ1v) is 9.11. The molecular weight excluding hydrogens is 350 g/mol. The Balaban J connectivity index is 1.78. The lowest BCUT2D eigenvalue weighted by atomic mass is 10.1. The minimum absolute atomic E-state index is 0.228. The Morgan fingerprint density at radius 3 is 2.39 bits per heavy atom. The Labute approximate surface area is 163 Å². The molecule has 2 aromatic heterocycles. The predicted octanol–water partition coefficient (Wildman–Crippen LogP) is 5.31. The van der Waals surface area contributed by atoms with Crippen LogP contribution >= 0.6 is 0 Å². The molecule has 2 heterocycles. The number of hydrogen-bond acceptors (Lipinski definition) is 3. The number of amides is 1. The van der Waals surface area contributed by atoms with E-state index >= 15 is 0 Å². The summed E-state index contributed by atoms with van der Waals surface area (Å²) in [5.41, 5.74) is 5.99. The van der Waals surface area contributed by atoms with Crippen LogP contribution < -0.4 is 5.32 Å². The van der Waals surface area contributed by atoms with Crippen molar-refractivity contribution in [3.8, 4) is 17.1 Å². The van der Waals surface area contributed by atoms with Crippen LogP contribution in [0.25, 0.3) is 17.1 Å². The minimum Gasteiger partial charge on any atom is -0.463 e. The van der Waals surface area contributed by atoms with Gasteiger partial charge in [0.25, 0.3) is 5.91 Å². The summed E-state index contributed by atoms with van der Waals surface area (Å²) in [6, 6.07) is 19.2. The maximum absolute atomic E-state index is 13.1. The van der Waals surface area contributed by atoms with Gasteiger partial charge in [0.2, 0.25) is 0 Å². The predicted molar refractivity (Wildman–Crippen MR) is 110 cm³/mol. The van der Waals surface area contributed by atoms with E-state index < -0.39 is 0 Å². The highest BCUT2D eigenvalue weighted by atomic mass is 16.3. The van der Waals surface area contributed by atoms with Gasteiger partial charge in [-0.15, -0.1) is 0 Å². The molecule has 0 saturated carbocycles. The van der Waals surface area contributed by atoms with Gasteiger partial charge in [0.15, 0.2) is 5.76 Å². The third-order valence-corrected chi connectivity index (χ3v) is 4.61. The van der Waals surface area contributed by atoms with Gasteiger partial charge in [0.05, 0.1) is 12.0 Å². The van der Waals surface area contributed by atoms with Gasteiger partial charge in [0.1, 0.15) is 11.4 Å². The number of carbonyl (C=O) groups is 1.